The molecule has 0 bridgehead atoms. The lowest BCUT2D eigenvalue weighted by molar-refractivity contribution is -0.222. The molecule has 5 rings (SSSR count). The number of hydrogen-bond acceptors (Lipinski definition) is 2. The summed E-state index contributed by atoms with van der Waals surface area (Å²) >= 11 is 0. The van der Waals surface area contributed by atoms with Gasteiger partial charge < -0.3 is 4.74 Å². The second kappa shape index (κ2) is 7.38. The number of ether oxygens (including phenoxy) is 1. The largest absolute Gasteiger partial charge is 0.462 e. The first-order valence-corrected chi connectivity index (χ1v) is 14.4. The molecule has 5 aliphatic rings. The van der Waals surface area contributed by atoms with Gasteiger partial charge in [-0.15, -0.1) is 0 Å². The summed E-state index contributed by atoms with van der Waals surface area (Å²) in [4.78, 5) is 11.9. The van der Waals surface area contributed by atoms with Gasteiger partial charge in [0.2, 0.25) is 0 Å². The van der Waals surface area contributed by atoms with Crippen LogP contribution in [-0.4, -0.2) is 12.1 Å². The number of fused-ring (bicyclic) bond motifs is 7. The zero-order valence-electron chi connectivity index (χ0n) is 23.7. The Morgan fingerprint density at radius 1 is 0.794 bits per heavy atom. The second-order valence-corrected chi connectivity index (χ2v) is 15.9. The summed E-state index contributed by atoms with van der Waals surface area (Å²) in [6.45, 7) is 22.0. The van der Waals surface area contributed by atoms with E-state index in [1.807, 2.05) is 0 Å². The van der Waals surface area contributed by atoms with Crippen LogP contribution in [0.3, 0.4) is 0 Å². The highest BCUT2D eigenvalue weighted by Gasteiger charge is 2.68. The molecule has 192 valence electrons. The SMILES string of the molecule is CC(=O)OC1CCC2(C)C(CCC3(C)C2C=CC2C4CC(C)(C)CCC4(C)CCC23C)C1(C)C. The first-order valence-electron chi connectivity index (χ1n) is 14.4. The van der Waals surface area contributed by atoms with Crippen LogP contribution in [0.4, 0.5) is 0 Å². The van der Waals surface area contributed by atoms with E-state index in [1.165, 1.54) is 51.4 Å². The van der Waals surface area contributed by atoms with Crippen molar-refractivity contribution in [1.29, 1.82) is 0 Å². The Labute approximate surface area is 210 Å². The van der Waals surface area contributed by atoms with Gasteiger partial charge in [0.1, 0.15) is 6.10 Å². The van der Waals surface area contributed by atoms with Crippen molar-refractivity contribution in [3.8, 4) is 0 Å². The molecule has 0 amide bonds. The number of esters is 1. The Hall–Kier alpha value is -0.790. The highest BCUT2D eigenvalue weighted by Crippen LogP contribution is 2.75. The molecule has 0 radical (unpaired) electrons. The Balaban J connectivity index is 1.53. The van der Waals surface area contributed by atoms with Gasteiger partial charge in [-0.2, -0.15) is 0 Å². The van der Waals surface area contributed by atoms with E-state index in [1.54, 1.807) is 6.92 Å². The Bertz CT molecular complexity index is 883. The molecule has 2 nitrogen and oxygen atoms in total. The minimum Gasteiger partial charge on any atom is -0.462 e. The van der Waals surface area contributed by atoms with Crippen LogP contribution >= 0.6 is 0 Å². The predicted octanol–water partition coefficient (Wildman–Crippen LogP) is 8.60. The van der Waals surface area contributed by atoms with Crippen LogP contribution in [0.2, 0.25) is 0 Å². The van der Waals surface area contributed by atoms with Crippen molar-refractivity contribution >= 4 is 5.97 Å². The third-order valence-electron chi connectivity index (χ3n) is 13.4. The molecule has 4 saturated carbocycles. The topological polar surface area (TPSA) is 26.3 Å². The van der Waals surface area contributed by atoms with E-state index in [4.69, 9.17) is 4.74 Å². The van der Waals surface area contributed by atoms with Crippen molar-refractivity contribution in [1.82, 2.24) is 0 Å². The highest BCUT2D eigenvalue weighted by atomic mass is 16.5. The van der Waals surface area contributed by atoms with Crippen LogP contribution in [0, 0.1) is 56.2 Å². The van der Waals surface area contributed by atoms with Gasteiger partial charge in [-0.1, -0.05) is 67.5 Å². The molecule has 9 atom stereocenters. The van der Waals surface area contributed by atoms with Crippen molar-refractivity contribution in [2.45, 2.75) is 126 Å². The molecular weight excluding hydrogens is 416 g/mol. The zero-order chi connectivity index (χ0) is 24.9. The van der Waals surface area contributed by atoms with Crippen LogP contribution in [0.25, 0.3) is 0 Å². The lowest BCUT2D eigenvalue weighted by atomic mass is 9.33. The van der Waals surface area contributed by atoms with Crippen LogP contribution in [0.5, 0.6) is 0 Å². The second-order valence-electron chi connectivity index (χ2n) is 15.9. The lowest BCUT2D eigenvalue weighted by Crippen LogP contribution is -2.65. The molecule has 9 unspecified atom stereocenters. The van der Waals surface area contributed by atoms with E-state index in [2.05, 4.69) is 67.5 Å². The lowest BCUT2D eigenvalue weighted by Gasteiger charge is -2.72. The molecule has 0 heterocycles. The van der Waals surface area contributed by atoms with E-state index in [0.29, 0.717) is 33.5 Å². The molecule has 0 aromatic rings. The first kappa shape index (κ1) is 24.9. The monoisotopic (exact) mass is 468 g/mol. The molecule has 34 heavy (non-hydrogen) atoms. The minimum absolute atomic E-state index is 0.0319. The molecule has 4 fully saturated rings. The van der Waals surface area contributed by atoms with Crippen molar-refractivity contribution < 1.29 is 9.53 Å². The molecule has 0 N–H and O–H groups in total. The molecular formula is C32H52O2. The average Bonchev–Trinajstić information content (AvgIpc) is 2.72. The van der Waals surface area contributed by atoms with E-state index in [-0.39, 0.29) is 22.9 Å². The normalized spacial score (nSPS) is 53.0. The van der Waals surface area contributed by atoms with E-state index >= 15 is 0 Å². The molecule has 0 spiro atoms. The maximum absolute atomic E-state index is 11.9. The van der Waals surface area contributed by atoms with E-state index in [0.717, 1.165) is 18.3 Å². The van der Waals surface area contributed by atoms with Crippen molar-refractivity contribution in [3.63, 3.8) is 0 Å². The van der Waals surface area contributed by atoms with E-state index < -0.39 is 0 Å². The summed E-state index contributed by atoms with van der Waals surface area (Å²) in [5.74, 6) is 2.65. The number of carbonyl (C=O) groups is 1. The average molecular weight is 469 g/mol. The molecule has 5 aliphatic carbocycles. The summed E-state index contributed by atoms with van der Waals surface area (Å²) in [6.07, 6.45) is 17.3. The number of carbonyl (C=O) groups excluding carboxylic acids is 1. The summed E-state index contributed by atoms with van der Waals surface area (Å²) < 4.78 is 5.90. The molecule has 0 aromatic heterocycles. The van der Waals surface area contributed by atoms with Gasteiger partial charge in [-0.05, 0) is 109 Å². The smallest absolute Gasteiger partial charge is 0.302 e. The predicted molar refractivity (Wildman–Crippen MR) is 140 cm³/mol. The Morgan fingerprint density at radius 3 is 2.15 bits per heavy atom. The summed E-state index contributed by atoms with van der Waals surface area (Å²) in [7, 11) is 0. The van der Waals surface area contributed by atoms with Crippen molar-refractivity contribution in [3.05, 3.63) is 12.2 Å². The van der Waals surface area contributed by atoms with Gasteiger partial charge in [0.25, 0.3) is 0 Å². The van der Waals surface area contributed by atoms with Crippen LogP contribution in [-0.2, 0) is 9.53 Å². The maximum atomic E-state index is 11.9. The van der Waals surface area contributed by atoms with Gasteiger partial charge in [-0.3, -0.25) is 4.79 Å². The summed E-state index contributed by atoms with van der Waals surface area (Å²) in [5, 5.41) is 0. The number of allylic oxidation sites excluding steroid dienone is 2. The maximum Gasteiger partial charge on any atom is 0.302 e. The standard InChI is InChI=1S/C32H52O2/c1-21(33)34-26-13-14-30(7)24(28(26,4)5)12-15-32(9)25(30)11-10-22-23-20-27(2,3)16-17-29(23,6)18-19-31(22,32)8/h10-11,22-26H,12-20H2,1-9H3. The van der Waals surface area contributed by atoms with Crippen molar-refractivity contribution in [2.24, 2.45) is 56.2 Å². The number of hydrogen-bond donors (Lipinski definition) is 0. The van der Waals surface area contributed by atoms with Gasteiger partial charge in [0, 0.05) is 12.3 Å². The minimum atomic E-state index is -0.115. The first-order chi connectivity index (χ1) is 15.6. The summed E-state index contributed by atoms with van der Waals surface area (Å²) in [6, 6.07) is 0. The Kier molecular flexibility index (Phi) is 5.40. The van der Waals surface area contributed by atoms with Crippen LogP contribution < -0.4 is 0 Å². The fourth-order valence-corrected chi connectivity index (χ4v) is 11.0. The third kappa shape index (κ3) is 3.21. The number of rotatable bonds is 1. The van der Waals surface area contributed by atoms with Crippen LogP contribution in [0.15, 0.2) is 12.2 Å². The highest BCUT2D eigenvalue weighted by molar-refractivity contribution is 5.66. The third-order valence-corrected chi connectivity index (χ3v) is 13.4. The fourth-order valence-electron chi connectivity index (χ4n) is 11.0. The van der Waals surface area contributed by atoms with Crippen molar-refractivity contribution in [2.75, 3.05) is 0 Å². The molecule has 2 heteroatoms. The van der Waals surface area contributed by atoms with E-state index in [9.17, 15) is 4.79 Å². The molecule has 0 aliphatic heterocycles. The van der Waals surface area contributed by atoms with Gasteiger partial charge in [0.15, 0.2) is 0 Å². The fraction of sp³-hybridized carbons (Fsp3) is 0.906. The quantitative estimate of drug-likeness (QED) is 0.284. The molecule has 0 saturated heterocycles. The van der Waals surface area contributed by atoms with Gasteiger partial charge in [0.05, 0.1) is 0 Å². The van der Waals surface area contributed by atoms with Gasteiger partial charge in [-0.25, -0.2) is 0 Å². The van der Waals surface area contributed by atoms with Gasteiger partial charge >= 0.3 is 5.97 Å². The summed E-state index contributed by atoms with van der Waals surface area (Å²) in [5.41, 5.74) is 2.06. The zero-order valence-corrected chi connectivity index (χ0v) is 23.7. The Morgan fingerprint density at radius 2 is 1.47 bits per heavy atom. The molecule has 0 aromatic carbocycles. The van der Waals surface area contributed by atoms with Crippen LogP contribution in [0.1, 0.15) is 120 Å².